The van der Waals surface area contributed by atoms with Gasteiger partial charge in [-0.2, -0.15) is 0 Å². The van der Waals surface area contributed by atoms with Crippen molar-refractivity contribution >= 4 is 12.0 Å². The smallest absolute Gasteiger partial charge is 0.405 e. The van der Waals surface area contributed by atoms with Gasteiger partial charge in [0.15, 0.2) is 0 Å². The Bertz CT molecular complexity index is 444. The summed E-state index contributed by atoms with van der Waals surface area (Å²) in [6.07, 6.45) is 4.42. The summed E-state index contributed by atoms with van der Waals surface area (Å²) in [7, 11) is 0. The molecule has 2 rings (SSSR count). The molecule has 0 radical (unpaired) electrons. The largest absolute Gasteiger partial charge is 0.465 e. The fourth-order valence-corrected chi connectivity index (χ4v) is 2.26. The molecule has 0 bridgehead atoms. The molecule has 1 aliphatic rings. The van der Waals surface area contributed by atoms with E-state index >= 15 is 0 Å². The van der Waals surface area contributed by atoms with Crippen molar-refractivity contribution in [3.8, 4) is 0 Å². The van der Waals surface area contributed by atoms with Gasteiger partial charge in [0.2, 0.25) is 5.91 Å². The number of pyridine rings is 1. The van der Waals surface area contributed by atoms with Crippen molar-refractivity contribution < 1.29 is 14.7 Å². The van der Waals surface area contributed by atoms with Gasteiger partial charge >= 0.3 is 6.09 Å². The Kier molecular flexibility index (Phi) is 4.33. The first-order chi connectivity index (χ1) is 9.16. The van der Waals surface area contributed by atoms with E-state index in [1.807, 2.05) is 0 Å². The number of aromatic nitrogens is 1. The van der Waals surface area contributed by atoms with Gasteiger partial charge in [0.1, 0.15) is 6.04 Å². The third-order valence-electron chi connectivity index (χ3n) is 3.20. The third kappa shape index (κ3) is 3.67. The Balaban J connectivity index is 2.06. The quantitative estimate of drug-likeness (QED) is 0.845. The van der Waals surface area contributed by atoms with Crippen LogP contribution in [0.25, 0.3) is 0 Å². The van der Waals surface area contributed by atoms with E-state index in [4.69, 9.17) is 5.11 Å². The predicted molar refractivity (Wildman–Crippen MR) is 68.7 cm³/mol. The standard InChI is InChI=1S/C13H17N3O3/c17-12(16-7-1-2-8-16)11(15-13(18)19)9-10-3-5-14-6-4-10/h3-6,11,15H,1-2,7-9H2,(H,18,19)/t11-/m1/s1. The zero-order valence-electron chi connectivity index (χ0n) is 10.6. The number of carbonyl (C=O) groups is 2. The van der Waals surface area contributed by atoms with Gasteiger partial charge < -0.3 is 15.3 Å². The zero-order chi connectivity index (χ0) is 13.7. The average molecular weight is 263 g/mol. The van der Waals surface area contributed by atoms with E-state index in [-0.39, 0.29) is 5.91 Å². The number of carbonyl (C=O) groups excluding carboxylic acids is 1. The molecule has 1 fully saturated rings. The monoisotopic (exact) mass is 263 g/mol. The lowest BCUT2D eigenvalue weighted by Crippen LogP contribution is -2.48. The van der Waals surface area contributed by atoms with Gasteiger partial charge in [0.05, 0.1) is 0 Å². The Morgan fingerprint density at radius 1 is 1.32 bits per heavy atom. The molecule has 6 nitrogen and oxygen atoms in total. The first-order valence-corrected chi connectivity index (χ1v) is 6.34. The normalized spacial score (nSPS) is 16.1. The fourth-order valence-electron chi connectivity index (χ4n) is 2.26. The van der Waals surface area contributed by atoms with Crippen LogP contribution in [0.4, 0.5) is 4.79 Å². The van der Waals surface area contributed by atoms with E-state index in [1.165, 1.54) is 0 Å². The Labute approximate surface area is 111 Å². The van der Waals surface area contributed by atoms with Crippen molar-refractivity contribution in [2.24, 2.45) is 0 Å². The summed E-state index contributed by atoms with van der Waals surface area (Å²) in [5, 5.41) is 11.2. The summed E-state index contributed by atoms with van der Waals surface area (Å²) in [6.45, 7) is 1.43. The van der Waals surface area contributed by atoms with Crippen molar-refractivity contribution in [2.45, 2.75) is 25.3 Å². The molecule has 1 aromatic rings. The minimum Gasteiger partial charge on any atom is -0.465 e. The first kappa shape index (κ1) is 13.3. The Morgan fingerprint density at radius 2 is 1.95 bits per heavy atom. The molecule has 0 unspecified atom stereocenters. The second-order valence-corrected chi connectivity index (χ2v) is 4.59. The molecule has 0 saturated carbocycles. The van der Waals surface area contributed by atoms with Crippen molar-refractivity contribution in [1.29, 1.82) is 0 Å². The Morgan fingerprint density at radius 3 is 2.53 bits per heavy atom. The minimum absolute atomic E-state index is 0.142. The lowest BCUT2D eigenvalue weighted by molar-refractivity contribution is -0.132. The summed E-state index contributed by atoms with van der Waals surface area (Å²) in [5.74, 6) is -0.142. The van der Waals surface area contributed by atoms with Crippen LogP contribution in [0.5, 0.6) is 0 Å². The molecule has 2 heterocycles. The molecule has 0 aromatic carbocycles. The first-order valence-electron chi connectivity index (χ1n) is 6.34. The molecule has 6 heteroatoms. The van der Waals surface area contributed by atoms with Crippen molar-refractivity contribution in [3.63, 3.8) is 0 Å². The second-order valence-electron chi connectivity index (χ2n) is 4.59. The van der Waals surface area contributed by atoms with Gasteiger partial charge in [-0.15, -0.1) is 0 Å². The molecule has 0 spiro atoms. The minimum atomic E-state index is -1.17. The van der Waals surface area contributed by atoms with Crippen LogP contribution in [0.15, 0.2) is 24.5 Å². The molecule has 1 aromatic heterocycles. The number of hydrogen-bond donors (Lipinski definition) is 2. The summed E-state index contributed by atoms with van der Waals surface area (Å²) < 4.78 is 0. The number of rotatable bonds is 4. The lowest BCUT2D eigenvalue weighted by atomic mass is 10.1. The van der Waals surface area contributed by atoms with Gasteiger partial charge in [0, 0.05) is 31.9 Å². The topological polar surface area (TPSA) is 82.5 Å². The molecule has 1 aliphatic heterocycles. The average Bonchev–Trinajstić information content (AvgIpc) is 2.91. The number of likely N-dealkylation sites (tertiary alicyclic amines) is 1. The molecule has 2 amide bonds. The van der Waals surface area contributed by atoms with Gasteiger partial charge in [-0.05, 0) is 30.5 Å². The van der Waals surface area contributed by atoms with Crippen LogP contribution >= 0.6 is 0 Å². The number of amides is 2. The highest BCUT2D eigenvalue weighted by Crippen LogP contribution is 2.11. The molecule has 19 heavy (non-hydrogen) atoms. The molecule has 0 aliphatic carbocycles. The summed E-state index contributed by atoms with van der Waals surface area (Å²) in [5.41, 5.74) is 0.890. The molecule has 1 saturated heterocycles. The number of hydrogen-bond acceptors (Lipinski definition) is 3. The maximum absolute atomic E-state index is 12.3. The van der Waals surface area contributed by atoms with Crippen molar-refractivity contribution in [3.05, 3.63) is 30.1 Å². The number of nitrogens with zero attached hydrogens (tertiary/aromatic N) is 2. The fraction of sp³-hybridized carbons (Fsp3) is 0.462. The zero-order valence-corrected chi connectivity index (χ0v) is 10.6. The lowest BCUT2D eigenvalue weighted by Gasteiger charge is -2.23. The van der Waals surface area contributed by atoms with Gasteiger partial charge in [0.25, 0.3) is 0 Å². The van der Waals surface area contributed by atoms with E-state index in [0.717, 1.165) is 18.4 Å². The van der Waals surface area contributed by atoms with Crippen LogP contribution in [0.3, 0.4) is 0 Å². The molecular weight excluding hydrogens is 246 g/mol. The highest BCUT2D eigenvalue weighted by molar-refractivity contribution is 5.85. The highest BCUT2D eigenvalue weighted by atomic mass is 16.4. The second kappa shape index (κ2) is 6.17. The summed E-state index contributed by atoms with van der Waals surface area (Å²) >= 11 is 0. The number of nitrogens with one attached hydrogen (secondary N) is 1. The van der Waals surface area contributed by atoms with Crippen LogP contribution < -0.4 is 5.32 Å². The molecule has 2 N–H and O–H groups in total. The van der Waals surface area contributed by atoms with Crippen LogP contribution in [-0.2, 0) is 11.2 Å². The van der Waals surface area contributed by atoms with Gasteiger partial charge in [-0.3, -0.25) is 9.78 Å². The van der Waals surface area contributed by atoms with Gasteiger partial charge in [-0.1, -0.05) is 0 Å². The van der Waals surface area contributed by atoms with Crippen LogP contribution in [0.1, 0.15) is 18.4 Å². The maximum atomic E-state index is 12.3. The van der Waals surface area contributed by atoms with E-state index in [9.17, 15) is 9.59 Å². The van der Waals surface area contributed by atoms with Crippen molar-refractivity contribution in [2.75, 3.05) is 13.1 Å². The van der Waals surface area contributed by atoms with Crippen LogP contribution in [0.2, 0.25) is 0 Å². The van der Waals surface area contributed by atoms with E-state index in [0.29, 0.717) is 19.5 Å². The van der Waals surface area contributed by atoms with Gasteiger partial charge in [-0.25, -0.2) is 4.79 Å². The van der Waals surface area contributed by atoms with Crippen LogP contribution in [-0.4, -0.2) is 46.1 Å². The van der Waals surface area contributed by atoms with Crippen molar-refractivity contribution in [1.82, 2.24) is 15.2 Å². The summed E-state index contributed by atoms with van der Waals surface area (Å²) in [4.78, 5) is 28.7. The highest BCUT2D eigenvalue weighted by Gasteiger charge is 2.27. The molecule has 102 valence electrons. The van der Waals surface area contributed by atoms with E-state index in [1.54, 1.807) is 29.4 Å². The maximum Gasteiger partial charge on any atom is 0.405 e. The molecule has 1 atom stereocenters. The summed E-state index contributed by atoms with van der Waals surface area (Å²) in [6, 6.07) is 2.85. The number of carboxylic acid groups (broad SMARTS) is 1. The van der Waals surface area contributed by atoms with E-state index in [2.05, 4.69) is 10.3 Å². The molecular formula is C13H17N3O3. The third-order valence-corrected chi connectivity index (χ3v) is 3.20. The van der Waals surface area contributed by atoms with Crippen LogP contribution in [0, 0.1) is 0 Å². The predicted octanol–water partition coefficient (Wildman–Crippen LogP) is 0.883. The SMILES string of the molecule is O=C(O)N[C@H](Cc1ccncc1)C(=O)N1CCCC1. The Hall–Kier alpha value is -2.11. The van der Waals surface area contributed by atoms with E-state index < -0.39 is 12.1 Å².